The summed E-state index contributed by atoms with van der Waals surface area (Å²) in [7, 11) is 0. The van der Waals surface area contributed by atoms with Crippen molar-refractivity contribution in [2.45, 2.75) is 0 Å². The van der Waals surface area contributed by atoms with Gasteiger partial charge in [-0.3, -0.25) is 4.57 Å². The molecule has 0 amide bonds. The molecule has 1 aliphatic heterocycles. The largest absolute Gasteiger partial charge is 0.309 e. The van der Waals surface area contributed by atoms with Crippen LogP contribution in [0.25, 0.3) is 137 Å². The van der Waals surface area contributed by atoms with E-state index in [1.807, 2.05) is 0 Å². The zero-order chi connectivity index (χ0) is 41.6. The summed E-state index contributed by atoms with van der Waals surface area (Å²) in [6, 6.07) is 72.8. The van der Waals surface area contributed by atoms with Gasteiger partial charge in [-0.25, -0.2) is 9.97 Å². The molecule has 0 atom stereocenters. The van der Waals surface area contributed by atoms with E-state index < -0.39 is 0 Å². The Morgan fingerprint density at radius 3 is 1.80 bits per heavy atom. The Morgan fingerprint density at radius 2 is 0.984 bits per heavy atom. The van der Waals surface area contributed by atoms with E-state index in [0.717, 1.165) is 43.7 Å². The minimum atomic E-state index is 0.657. The highest BCUT2D eigenvalue weighted by atomic mass is 32.1. The van der Waals surface area contributed by atoms with E-state index in [9.17, 15) is 0 Å². The maximum Gasteiger partial charge on any atom is 0.236 e. The van der Waals surface area contributed by atoms with Crippen LogP contribution < -0.4 is 0 Å². The molecule has 9 aromatic carbocycles. The average Bonchev–Trinajstić information content (AvgIpc) is 4.07. The van der Waals surface area contributed by atoms with Gasteiger partial charge in [0.25, 0.3) is 0 Å². The molecule has 5 nitrogen and oxygen atoms in total. The zero-order valence-electron chi connectivity index (χ0n) is 34.2. The van der Waals surface area contributed by atoms with Crippen LogP contribution in [0.2, 0.25) is 0 Å². The Kier molecular flexibility index (Phi) is 6.77. The Bertz CT molecular complexity index is 4320. The molecular weight excluding hydrogens is 799 g/mol. The molecule has 0 fully saturated rings. The predicted molar refractivity (Wildman–Crippen MR) is 268 cm³/mol. The molecule has 0 aliphatic carbocycles. The monoisotopic (exact) mass is 831 g/mol. The number of hydrogen-bond donors (Lipinski definition) is 0. The molecule has 0 saturated heterocycles. The van der Waals surface area contributed by atoms with Crippen molar-refractivity contribution >= 4 is 97.1 Å². The number of aromatic nitrogens is 5. The van der Waals surface area contributed by atoms with Crippen LogP contribution in [0, 0.1) is 0 Å². The fraction of sp³-hybridized carbons (Fsp3) is 0. The smallest absolute Gasteiger partial charge is 0.236 e. The Hall–Kier alpha value is -8.32. The molecule has 0 unspecified atom stereocenters. The lowest BCUT2D eigenvalue weighted by atomic mass is 9.91. The fourth-order valence-corrected chi connectivity index (χ4v) is 12.1. The van der Waals surface area contributed by atoms with E-state index in [1.54, 1.807) is 11.3 Å². The van der Waals surface area contributed by atoms with Gasteiger partial charge in [-0.1, -0.05) is 146 Å². The Balaban J connectivity index is 1.09. The summed E-state index contributed by atoms with van der Waals surface area (Å²) in [5.74, 6) is 0.657. The summed E-state index contributed by atoms with van der Waals surface area (Å²) in [6.07, 6.45) is 0. The molecule has 0 radical (unpaired) electrons. The van der Waals surface area contributed by atoms with Crippen molar-refractivity contribution in [3.63, 3.8) is 0 Å². The van der Waals surface area contributed by atoms with Crippen LogP contribution in [0.1, 0.15) is 0 Å². The predicted octanol–water partition coefficient (Wildman–Crippen LogP) is 15.5. The van der Waals surface area contributed by atoms with Gasteiger partial charge in [0, 0.05) is 70.2 Å². The lowest BCUT2D eigenvalue weighted by Crippen LogP contribution is -2.03. The number of fused-ring (bicyclic) bond motifs is 18. The summed E-state index contributed by atoms with van der Waals surface area (Å²) < 4.78 is 8.42. The van der Waals surface area contributed by atoms with Gasteiger partial charge in [-0.05, 0) is 65.7 Å². The second kappa shape index (κ2) is 12.6. The third-order valence-corrected chi connectivity index (χ3v) is 14.7. The van der Waals surface area contributed by atoms with Gasteiger partial charge in [0.15, 0.2) is 0 Å². The van der Waals surface area contributed by atoms with Crippen LogP contribution in [0.4, 0.5) is 0 Å². The molecule has 296 valence electrons. The lowest BCUT2D eigenvalue weighted by Gasteiger charge is -2.13. The first-order valence-corrected chi connectivity index (χ1v) is 22.6. The van der Waals surface area contributed by atoms with Crippen molar-refractivity contribution in [1.82, 2.24) is 23.7 Å². The normalized spacial score (nSPS) is 12.4. The van der Waals surface area contributed by atoms with Crippen LogP contribution in [0.5, 0.6) is 0 Å². The first-order valence-electron chi connectivity index (χ1n) is 21.8. The molecule has 14 aromatic rings. The van der Waals surface area contributed by atoms with Crippen molar-refractivity contribution < 1.29 is 0 Å². The average molecular weight is 832 g/mol. The van der Waals surface area contributed by atoms with Crippen LogP contribution in [-0.2, 0) is 0 Å². The highest BCUT2D eigenvalue weighted by Crippen LogP contribution is 2.52. The lowest BCUT2D eigenvalue weighted by molar-refractivity contribution is 1.02. The Labute approximate surface area is 370 Å². The molecule has 0 bridgehead atoms. The summed E-state index contributed by atoms with van der Waals surface area (Å²) in [6.45, 7) is 0. The number of para-hydroxylation sites is 5. The summed E-state index contributed by atoms with van der Waals surface area (Å²) >= 11 is 1.74. The first-order chi connectivity index (χ1) is 31.8. The van der Waals surface area contributed by atoms with Crippen LogP contribution in [0.15, 0.2) is 200 Å². The standard InChI is InChI=1S/C58H33N5S/c1-2-16-35(17-3-1)61-45-25-11-7-20-38(45)40-31-30-34(32-49(40)61)55-54-43-24-10-15-29-51(43)64-57(54)60-58(59-55)63-48-28-14-9-23-42(48)52-50(63)33-44-39-21-8-13-27-47(39)62-46-26-12-6-19-37(46)36-18-4-5-22-41(36)53(52)56(44)62/h1-33H. The summed E-state index contributed by atoms with van der Waals surface area (Å²) in [4.78, 5) is 12.3. The van der Waals surface area contributed by atoms with Crippen molar-refractivity contribution in [2.24, 2.45) is 0 Å². The van der Waals surface area contributed by atoms with Crippen molar-refractivity contribution in [3.05, 3.63) is 200 Å². The maximum atomic E-state index is 5.76. The molecule has 6 heteroatoms. The first kappa shape index (κ1) is 34.3. The van der Waals surface area contributed by atoms with E-state index in [-0.39, 0.29) is 0 Å². The van der Waals surface area contributed by atoms with Gasteiger partial charge >= 0.3 is 0 Å². The van der Waals surface area contributed by atoms with Gasteiger partial charge < -0.3 is 9.13 Å². The molecule has 1 aliphatic rings. The highest BCUT2D eigenvalue weighted by molar-refractivity contribution is 7.25. The summed E-state index contributed by atoms with van der Waals surface area (Å²) in [5.41, 5.74) is 16.1. The minimum absolute atomic E-state index is 0.657. The minimum Gasteiger partial charge on any atom is -0.309 e. The number of rotatable bonds is 3. The van der Waals surface area contributed by atoms with Gasteiger partial charge in [0.05, 0.1) is 44.5 Å². The van der Waals surface area contributed by atoms with Gasteiger partial charge in [0.2, 0.25) is 5.95 Å². The highest BCUT2D eigenvalue weighted by Gasteiger charge is 2.30. The van der Waals surface area contributed by atoms with E-state index in [2.05, 4.69) is 214 Å². The van der Waals surface area contributed by atoms with Gasteiger partial charge in [-0.15, -0.1) is 11.3 Å². The van der Waals surface area contributed by atoms with Crippen molar-refractivity contribution in [1.29, 1.82) is 0 Å². The quantitative estimate of drug-likeness (QED) is 0.178. The number of thiophene rings is 1. The summed E-state index contributed by atoms with van der Waals surface area (Å²) in [5, 5.41) is 9.47. The van der Waals surface area contributed by atoms with Gasteiger partial charge in [0.1, 0.15) is 4.83 Å². The fourth-order valence-electron chi connectivity index (χ4n) is 11.0. The van der Waals surface area contributed by atoms with Gasteiger partial charge in [-0.2, -0.15) is 0 Å². The van der Waals surface area contributed by atoms with E-state index >= 15 is 0 Å². The van der Waals surface area contributed by atoms with Crippen LogP contribution in [0.3, 0.4) is 0 Å². The molecule has 0 saturated carbocycles. The number of hydrogen-bond acceptors (Lipinski definition) is 3. The van der Waals surface area contributed by atoms with Crippen molar-refractivity contribution in [3.8, 4) is 50.8 Å². The third-order valence-electron chi connectivity index (χ3n) is 13.6. The molecule has 5 aromatic heterocycles. The molecule has 6 heterocycles. The van der Waals surface area contributed by atoms with E-state index in [0.29, 0.717) is 5.95 Å². The molecule has 0 spiro atoms. The molecule has 0 N–H and O–H groups in total. The second-order valence-electron chi connectivity index (χ2n) is 16.9. The van der Waals surface area contributed by atoms with Crippen LogP contribution >= 0.6 is 11.3 Å². The molecular formula is C58H33N5S. The second-order valence-corrected chi connectivity index (χ2v) is 17.9. The maximum absolute atomic E-state index is 5.76. The molecule has 64 heavy (non-hydrogen) atoms. The number of benzene rings is 9. The molecule has 15 rings (SSSR count). The topological polar surface area (TPSA) is 40.6 Å². The van der Waals surface area contributed by atoms with E-state index in [1.165, 1.54) is 86.9 Å². The SMILES string of the molecule is c1ccc(-n2c3ccccc3c3ccc(-c4nc(-n5c6ccccc6c6c7c8c(cc65)c5ccccc5n8-c5ccccc5-c5ccccc5-7)nc5sc6ccccc6c45)cc32)cc1. The Morgan fingerprint density at radius 1 is 0.375 bits per heavy atom. The third kappa shape index (κ3) is 4.46. The van der Waals surface area contributed by atoms with Crippen molar-refractivity contribution in [2.75, 3.05) is 0 Å². The zero-order valence-corrected chi connectivity index (χ0v) is 35.0. The van der Waals surface area contributed by atoms with Crippen LogP contribution in [-0.4, -0.2) is 23.7 Å². The number of nitrogens with zero attached hydrogens (tertiary/aromatic N) is 5. The van der Waals surface area contributed by atoms with E-state index in [4.69, 9.17) is 9.97 Å².